The van der Waals surface area contributed by atoms with Gasteiger partial charge in [-0.15, -0.1) is 0 Å². The summed E-state index contributed by atoms with van der Waals surface area (Å²) in [6.07, 6.45) is 4.01. The van der Waals surface area contributed by atoms with Gasteiger partial charge in [0.15, 0.2) is 0 Å². The van der Waals surface area contributed by atoms with Crippen molar-refractivity contribution in [2.75, 3.05) is 5.32 Å². The van der Waals surface area contributed by atoms with E-state index in [1.165, 1.54) is 0 Å². The van der Waals surface area contributed by atoms with E-state index in [1.54, 1.807) is 0 Å². The number of ether oxygens (including phenoxy) is 1. The fraction of sp³-hybridized carbons (Fsp3) is 0.588. The van der Waals surface area contributed by atoms with E-state index >= 15 is 0 Å². The standard InChI is InChI=1S/C17H26N2O2/c1-12(2)21-11-13-6-8-15(9-7-13)19-17(20)10-14-4-3-5-16(14)18/h6-9,12,14,16H,3-5,10-11,18H2,1-2H3,(H,19,20)/t14-,16+/m0/s1. The van der Waals surface area contributed by atoms with Crippen LogP contribution in [0.3, 0.4) is 0 Å². The Morgan fingerprint density at radius 2 is 2.05 bits per heavy atom. The lowest BCUT2D eigenvalue weighted by Gasteiger charge is -2.15. The van der Waals surface area contributed by atoms with Crippen LogP contribution in [0.4, 0.5) is 5.69 Å². The smallest absolute Gasteiger partial charge is 0.224 e. The zero-order chi connectivity index (χ0) is 15.2. The molecule has 2 rings (SSSR count). The molecule has 0 heterocycles. The van der Waals surface area contributed by atoms with Crippen molar-refractivity contribution in [1.82, 2.24) is 0 Å². The van der Waals surface area contributed by atoms with Gasteiger partial charge in [0.05, 0.1) is 12.7 Å². The minimum atomic E-state index is 0.0588. The maximum absolute atomic E-state index is 12.0. The van der Waals surface area contributed by atoms with Crippen LogP contribution in [0.1, 0.15) is 45.1 Å². The summed E-state index contributed by atoms with van der Waals surface area (Å²) in [7, 11) is 0. The van der Waals surface area contributed by atoms with E-state index in [-0.39, 0.29) is 18.1 Å². The fourth-order valence-corrected chi connectivity index (χ4v) is 2.72. The molecular formula is C17H26N2O2. The van der Waals surface area contributed by atoms with Crippen molar-refractivity contribution in [1.29, 1.82) is 0 Å². The van der Waals surface area contributed by atoms with E-state index < -0.39 is 0 Å². The lowest BCUT2D eigenvalue weighted by Crippen LogP contribution is -2.28. The molecule has 4 nitrogen and oxygen atoms in total. The van der Waals surface area contributed by atoms with Gasteiger partial charge in [0.2, 0.25) is 5.91 Å². The van der Waals surface area contributed by atoms with Crippen LogP contribution in [0.2, 0.25) is 0 Å². The highest BCUT2D eigenvalue weighted by atomic mass is 16.5. The number of hydrogen-bond donors (Lipinski definition) is 2. The van der Waals surface area contributed by atoms with Gasteiger partial charge in [-0.25, -0.2) is 0 Å². The third-order valence-electron chi connectivity index (χ3n) is 3.99. The Bertz CT molecular complexity index is 456. The van der Waals surface area contributed by atoms with E-state index in [9.17, 15) is 4.79 Å². The van der Waals surface area contributed by atoms with Crippen LogP contribution < -0.4 is 11.1 Å². The van der Waals surface area contributed by atoms with Gasteiger partial charge in [0, 0.05) is 18.2 Å². The van der Waals surface area contributed by atoms with E-state index in [0.717, 1.165) is 30.5 Å². The van der Waals surface area contributed by atoms with Gasteiger partial charge in [-0.1, -0.05) is 18.6 Å². The van der Waals surface area contributed by atoms with Gasteiger partial charge in [-0.3, -0.25) is 4.79 Å². The van der Waals surface area contributed by atoms with Crippen molar-refractivity contribution in [3.8, 4) is 0 Å². The molecule has 0 bridgehead atoms. The molecule has 116 valence electrons. The second-order valence-corrected chi connectivity index (χ2v) is 6.16. The monoisotopic (exact) mass is 290 g/mol. The molecule has 1 aliphatic rings. The summed E-state index contributed by atoms with van der Waals surface area (Å²) < 4.78 is 5.55. The van der Waals surface area contributed by atoms with Crippen molar-refractivity contribution >= 4 is 11.6 Å². The molecule has 0 saturated heterocycles. The van der Waals surface area contributed by atoms with E-state index in [4.69, 9.17) is 10.5 Å². The Kier molecular flexibility index (Phi) is 5.76. The Morgan fingerprint density at radius 1 is 1.33 bits per heavy atom. The van der Waals surface area contributed by atoms with Crippen LogP contribution in [0, 0.1) is 5.92 Å². The molecule has 3 N–H and O–H groups in total. The number of carbonyl (C=O) groups excluding carboxylic acids is 1. The fourth-order valence-electron chi connectivity index (χ4n) is 2.72. The molecule has 0 aliphatic heterocycles. The Labute approximate surface area is 127 Å². The highest BCUT2D eigenvalue weighted by Gasteiger charge is 2.25. The maximum atomic E-state index is 12.0. The molecule has 0 aromatic heterocycles. The average molecular weight is 290 g/mol. The summed E-state index contributed by atoms with van der Waals surface area (Å²) in [5.41, 5.74) is 7.95. The lowest BCUT2D eigenvalue weighted by molar-refractivity contribution is -0.117. The predicted octanol–water partition coefficient (Wildman–Crippen LogP) is 3.07. The van der Waals surface area contributed by atoms with Crippen molar-refractivity contribution < 1.29 is 9.53 Å². The van der Waals surface area contributed by atoms with Crippen molar-refractivity contribution in [3.63, 3.8) is 0 Å². The summed E-state index contributed by atoms with van der Waals surface area (Å²) in [5.74, 6) is 0.396. The first kappa shape index (κ1) is 16.0. The van der Waals surface area contributed by atoms with Gasteiger partial charge in [-0.05, 0) is 50.3 Å². The number of amides is 1. The Balaban J connectivity index is 1.80. The Morgan fingerprint density at radius 3 is 2.62 bits per heavy atom. The van der Waals surface area contributed by atoms with Crippen molar-refractivity contribution in [3.05, 3.63) is 29.8 Å². The molecule has 1 fully saturated rings. The number of nitrogens with two attached hydrogens (primary N) is 1. The molecule has 0 radical (unpaired) electrons. The summed E-state index contributed by atoms with van der Waals surface area (Å²) in [4.78, 5) is 12.0. The first-order valence-electron chi connectivity index (χ1n) is 7.80. The quantitative estimate of drug-likeness (QED) is 0.846. The van der Waals surface area contributed by atoms with Crippen molar-refractivity contribution in [2.24, 2.45) is 11.7 Å². The maximum Gasteiger partial charge on any atom is 0.224 e. The summed E-state index contributed by atoms with van der Waals surface area (Å²) in [6.45, 7) is 4.63. The summed E-state index contributed by atoms with van der Waals surface area (Å²) >= 11 is 0. The SMILES string of the molecule is CC(C)OCc1ccc(NC(=O)C[C@@H]2CCC[C@H]2N)cc1. The van der Waals surface area contributed by atoms with E-state index in [0.29, 0.717) is 18.9 Å². The third kappa shape index (κ3) is 5.14. The highest BCUT2D eigenvalue weighted by Crippen LogP contribution is 2.27. The first-order chi connectivity index (χ1) is 10.0. The van der Waals surface area contributed by atoms with Crippen LogP contribution in [0.15, 0.2) is 24.3 Å². The molecular weight excluding hydrogens is 264 g/mol. The zero-order valence-corrected chi connectivity index (χ0v) is 13.0. The van der Waals surface area contributed by atoms with E-state index in [1.807, 2.05) is 38.1 Å². The average Bonchev–Trinajstić information content (AvgIpc) is 2.83. The number of benzene rings is 1. The normalized spacial score (nSPS) is 21.7. The van der Waals surface area contributed by atoms with Gasteiger partial charge >= 0.3 is 0 Å². The lowest BCUT2D eigenvalue weighted by atomic mass is 10.00. The molecule has 21 heavy (non-hydrogen) atoms. The largest absolute Gasteiger partial charge is 0.374 e. The number of hydrogen-bond acceptors (Lipinski definition) is 3. The number of nitrogens with one attached hydrogen (secondary N) is 1. The molecule has 1 aromatic rings. The first-order valence-corrected chi connectivity index (χ1v) is 7.80. The molecule has 0 spiro atoms. The van der Waals surface area contributed by atoms with Gasteiger partial charge in [0.25, 0.3) is 0 Å². The molecule has 0 unspecified atom stereocenters. The van der Waals surface area contributed by atoms with Gasteiger partial charge in [-0.2, -0.15) is 0 Å². The van der Waals surface area contributed by atoms with Crippen LogP contribution in [0.25, 0.3) is 0 Å². The van der Waals surface area contributed by atoms with Gasteiger partial charge in [0.1, 0.15) is 0 Å². The molecule has 1 saturated carbocycles. The molecule has 1 aliphatic carbocycles. The number of rotatable bonds is 6. The van der Waals surface area contributed by atoms with Crippen LogP contribution in [0.5, 0.6) is 0 Å². The third-order valence-corrected chi connectivity index (χ3v) is 3.99. The number of anilines is 1. The second-order valence-electron chi connectivity index (χ2n) is 6.16. The molecule has 4 heteroatoms. The molecule has 2 atom stereocenters. The van der Waals surface area contributed by atoms with Gasteiger partial charge < -0.3 is 15.8 Å². The predicted molar refractivity (Wildman–Crippen MR) is 84.9 cm³/mol. The Hall–Kier alpha value is -1.39. The van der Waals surface area contributed by atoms with Crippen LogP contribution in [-0.4, -0.2) is 18.1 Å². The highest BCUT2D eigenvalue weighted by molar-refractivity contribution is 5.90. The molecule has 1 amide bonds. The summed E-state index contributed by atoms with van der Waals surface area (Å²) in [6, 6.07) is 8.00. The van der Waals surface area contributed by atoms with Crippen molar-refractivity contribution in [2.45, 2.75) is 58.3 Å². The number of carbonyl (C=O) groups is 1. The van der Waals surface area contributed by atoms with Crippen LogP contribution in [-0.2, 0) is 16.1 Å². The van der Waals surface area contributed by atoms with Crippen LogP contribution >= 0.6 is 0 Å². The molecule has 1 aromatic carbocycles. The topological polar surface area (TPSA) is 64.3 Å². The minimum absolute atomic E-state index is 0.0588. The second kappa shape index (κ2) is 7.57. The minimum Gasteiger partial charge on any atom is -0.374 e. The van der Waals surface area contributed by atoms with E-state index in [2.05, 4.69) is 5.32 Å². The zero-order valence-electron chi connectivity index (χ0n) is 13.0. The summed E-state index contributed by atoms with van der Waals surface area (Å²) in [5, 5.41) is 2.95.